The zero-order valence-corrected chi connectivity index (χ0v) is 11.9. The molecule has 1 rings (SSSR count). The molecule has 1 aromatic heterocycles. The van der Waals surface area contributed by atoms with Crippen LogP contribution in [0.3, 0.4) is 0 Å². The van der Waals surface area contributed by atoms with Gasteiger partial charge in [0.2, 0.25) is 0 Å². The lowest BCUT2D eigenvalue weighted by Gasteiger charge is -2.20. The molecule has 0 bridgehead atoms. The number of nitrogens with zero attached hydrogens (tertiary/aromatic N) is 1. The summed E-state index contributed by atoms with van der Waals surface area (Å²) in [4.78, 5) is 4.31. The number of rotatable bonds is 5. The Morgan fingerprint density at radius 2 is 1.89 bits per heavy atom. The summed E-state index contributed by atoms with van der Waals surface area (Å²) in [6.45, 7) is 10.8. The minimum absolute atomic E-state index is 0.0811. The smallest absolute Gasteiger partial charge is 0.137 e. The summed E-state index contributed by atoms with van der Waals surface area (Å²) < 4.78 is 5.44. The van der Waals surface area contributed by atoms with Gasteiger partial charge in [-0.25, -0.2) is 0 Å². The fourth-order valence-electron chi connectivity index (χ4n) is 1.22. The number of ether oxygens (including phenoxy) is 1. The highest BCUT2D eigenvalue weighted by Gasteiger charge is 2.13. The molecule has 2 N–H and O–H groups in total. The van der Waals surface area contributed by atoms with Crippen molar-refractivity contribution in [2.75, 3.05) is 6.61 Å². The van der Waals surface area contributed by atoms with Gasteiger partial charge in [0, 0.05) is 12.1 Å². The van der Waals surface area contributed by atoms with Crippen molar-refractivity contribution in [3.63, 3.8) is 0 Å². The van der Waals surface area contributed by atoms with Crippen LogP contribution in [0.5, 0.6) is 5.75 Å². The highest BCUT2D eigenvalue weighted by molar-refractivity contribution is 5.20. The molecule has 0 amide bonds. The first-order valence-corrected chi connectivity index (χ1v) is 6.21. The Hall–Kier alpha value is -1.13. The van der Waals surface area contributed by atoms with Gasteiger partial charge in [-0.15, -0.1) is 0 Å². The van der Waals surface area contributed by atoms with E-state index in [0.29, 0.717) is 5.75 Å². The summed E-state index contributed by atoms with van der Waals surface area (Å²) in [5, 5.41) is 12.9. The Balaban J connectivity index is 2.48. The third-order valence-corrected chi connectivity index (χ3v) is 2.19. The number of hydrogen-bond acceptors (Lipinski definition) is 4. The number of aromatic nitrogens is 1. The van der Waals surface area contributed by atoms with Crippen LogP contribution in [-0.2, 0) is 6.54 Å². The van der Waals surface area contributed by atoms with Crippen molar-refractivity contribution in [3.8, 4) is 5.75 Å². The molecule has 0 radical (unpaired) electrons. The summed E-state index contributed by atoms with van der Waals surface area (Å²) >= 11 is 0. The van der Waals surface area contributed by atoms with Crippen molar-refractivity contribution in [2.24, 2.45) is 0 Å². The molecule has 4 nitrogen and oxygen atoms in total. The van der Waals surface area contributed by atoms with Gasteiger partial charge in [0.15, 0.2) is 0 Å². The van der Waals surface area contributed by atoms with E-state index in [9.17, 15) is 5.11 Å². The van der Waals surface area contributed by atoms with Crippen LogP contribution in [0.25, 0.3) is 0 Å². The molecule has 0 aromatic carbocycles. The maximum absolute atomic E-state index is 9.55. The molecule has 0 saturated carbocycles. The first-order chi connectivity index (χ1) is 8.16. The van der Waals surface area contributed by atoms with Crippen LogP contribution in [-0.4, -0.2) is 27.8 Å². The van der Waals surface area contributed by atoms with Gasteiger partial charge in [0.1, 0.15) is 12.4 Å². The molecule has 1 heterocycles. The normalized spacial score (nSPS) is 12.6. The van der Waals surface area contributed by atoms with Gasteiger partial charge in [-0.05, 0) is 46.8 Å². The van der Waals surface area contributed by atoms with Gasteiger partial charge >= 0.3 is 0 Å². The van der Waals surface area contributed by atoms with Crippen LogP contribution in [0.15, 0.2) is 18.3 Å². The van der Waals surface area contributed by atoms with E-state index >= 15 is 0 Å². The van der Waals surface area contributed by atoms with E-state index in [2.05, 4.69) is 31.1 Å². The molecule has 0 unspecified atom stereocenters. The van der Waals surface area contributed by atoms with Crippen LogP contribution in [0.2, 0.25) is 0 Å². The van der Waals surface area contributed by atoms with Gasteiger partial charge in [-0.2, -0.15) is 0 Å². The largest absolute Gasteiger partial charge is 0.489 e. The SMILES string of the molecule is CC(C)(O)COc1ccc(CNC(C)(C)C)nc1. The summed E-state index contributed by atoms with van der Waals surface area (Å²) in [6, 6.07) is 3.80. The van der Waals surface area contributed by atoms with Gasteiger partial charge in [0.05, 0.1) is 17.5 Å². The number of aliphatic hydroxyl groups is 1. The maximum Gasteiger partial charge on any atom is 0.137 e. The van der Waals surface area contributed by atoms with Crippen LogP contribution in [0.4, 0.5) is 0 Å². The van der Waals surface area contributed by atoms with Gasteiger partial charge in [-0.1, -0.05) is 0 Å². The lowest BCUT2D eigenvalue weighted by molar-refractivity contribution is 0.0283. The molecule has 0 fully saturated rings. The lowest BCUT2D eigenvalue weighted by Crippen LogP contribution is -2.35. The predicted molar refractivity (Wildman–Crippen MR) is 72.6 cm³/mol. The first kappa shape index (κ1) is 14.9. The number of hydrogen-bond donors (Lipinski definition) is 2. The maximum atomic E-state index is 9.55. The number of pyridine rings is 1. The molecule has 0 saturated heterocycles. The van der Waals surface area contributed by atoms with Crippen molar-refractivity contribution in [1.29, 1.82) is 0 Å². The van der Waals surface area contributed by atoms with E-state index in [0.717, 1.165) is 12.2 Å². The van der Waals surface area contributed by atoms with Gasteiger partial charge in [-0.3, -0.25) is 4.98 Å². The molecule has 0 aliphatic carbocycles. The molecule has 0 aliphatic rings. The predicted octanol–water partition coefficient (Wildman–Crippen LogP) is 2.12. The standard InChI is InChI=1S/C14H24N2O2/c1-13(2,3)16-8-11-6-7-12(9-15-11)18-10-14(4,5)17/h6-7,9,16-17H,8,10H2,1-5H3. The molecule has 4 heteroatoms. The minimum atomic E-state index is -0.827. The topological polar surface area (TPSA) is 54.4 Å². The van der Waals surface area contributed by atoms with Gasteiger partial charge in [0.25, 0.3) is 0 Å². The Labute approximate surface area is 109 Å². The Morgan fingerprint density at radius 1 is 1.22 bits per heavy atom. The fourth-order valence-corrected chi connectivity index (χ4v) is 1.22. The fraction of sp³-hybridized carbons (Fsp3) is 0.643. The van der Waals surface area contributed by atoms with Crippen molar-refractivity contribution in [1.82, 2.24) is 10.3 Å². The molecule has 0 aliphatic heterocycles. The Bertz CT molecular complexity index is 324. The second kappa shape index (κ2) is 5.67. The molecular weight excluding hydrogens is 228 g/mol. The second-order valence-corrected chi connectivity index (χ2v) is 6.19. The van der Waals surface area contributed by atoms with E-state index in [4.69, 9.17) is 4.74 Å². The van der Waals surface area contributed by atoms with Crippen molar-refractivity contribution in [2.45, 2.75) is 52.3 Å². The first-order valence-electron chi connectivity index (χ1n) is 6.21. The highest BCUT2D eigenvalue weighted by Crippen LogP contribution is 2.12. The van der Waals surface area contributed by atoms with E-state index < -0.39 is 5.60 Å². The van der Waals surface area contributed by atoms with E-state index in [-0.39, 0.29) is 12.1 Å². The molecule has 0 spiro atoms. The minimum Gasteiger partial charge on any atom is -0.489 e. The van der Waals surface area contributed by atoms with Crippen molar-refractivity contribution < 1.29 is 9.84 Å². The summed E-state index contributed by atoms with van der Waals surface area (Å²) in [6.07, 6.45) is 1.69. The molecular formula is C14H24N2O2. The lowest BCUT2D eigenvalue weighted by atomic mass is 10.1. The van der Waals surface area contributed by atoms with Crippen molar-refractivity contribution in [3.05, 3.63) is 24.0 Å². The average Bonchev–Trinajstić information content (AvgIpc) is 2.23. The van der Waals surface area contributed by atoms with Gasteiger partial charge < -0.3 is 15.2 Å². The summed E-state index contributed by atoms with van der Waals surface area (Å²) in [7, 11) is 0. The Morgan fingerprint density at radius 3 is 2.33 bits per heavy atom. The highest BCUT2D eigenvalue weighted by atomic mass is 16.5. The average molecular weight is 252 g/mol. The molecule has 1 aromatic rings. The zero-order chi connectivity index (χ0) is 13.8. The molecule has 0 atom stereocenters. The number of nitrogens with one attached hydrogen (secondary N) is 1. The van der Waals surface area contributed by atoms with Crippen LogP contribution in [0, 0.1) is 0 Å². The van der Waals surface area contributed by atoms with Crippen LogP contribution >= 0.6 is 0 Å². The quantitative estimate of drug-likeness (QED) is 0.843. The summed E-state index contributed by atoms with van der Waals surface area (Å²) in [5.74, 6) is 0.677. The monoisotopic (exact) mass is 252 g/mol. The second-order valence-electron chi connectivity index (χ2n) is 6.19. The zero-order valence-electron chi connectivity index (χ0n) is 11.9. The van der Waals surface area contributed by atoms with E-state index in [1.807, 2.05) is 12.1 Å². The molecule has 18 heavy (non-hydrogen) atoms. The third-order valence-electron chi connectivity index (χ3n) is 2.19. The van der Waals surface area contributed by atoms with Crippen LogP contribution in [0.1, 0.15) is 40.3 Å². The third kappa shape index (κ3) is 6.57. The summed E-state index contributed by atoms with van der Waals surface area (Å²) in [5.41, 5.74) is 0.227. The van der Waals surface area contributed by atoms with E-state index in [1.165, 1.54) is 0 Å². The Kier molecular flexibility index (Phi) is 4.71. The van der Waals surface area contributed by atoms with Crippen LogP contribution < -0.4 is 10.1 Å². The van der Waals surface area contributed by atoms with Crippen molar-refractivity contribution >= 4 is 0 Å². The molecule has 102 valence electrons. The van der Waals surface area contributed by atoms with E-state index in [1.54, 1.807) is 20.0 Å².